The summed E-state index contributed by atoms with van der Waals surface area (Å²) in [6.45, 7) is 4.90. The van der Waals surface area contributed by atoms with E-state index in [4.69, 9.17) is 23.2 Å². The molecule has 1 heterocycles. The molecule has 1 aliphatic heterocycles. The van der Waals surface area contributed by atoms with Crippen LogP contribution in [0.4, 0.5) is 0 Å². The molecule has 1 aliphatic rings. The van der Waals surface area contributed by atoms with Crippen LogP contribution in [0, 0.1) is 0 Å². The second-order valence-corrected chi connectivity index (χ2v) is 7.96. The molecule has 4 nitrogen and oxygen atoms in total. The maximum absolute atomic E-state index is 5.95. The lowest BCUT2D eigenvalue weighted by molar-refractivity contribution is 0.502. The van der Waals surface area contributed by atoms with E-state index in [1.165, 1.54) is 0 Å². The standard InChI is InChI=1S/C22H22Cl2N4.BrH/c1-22(2)15-25-21(26-22)28-27-20(13-7-16-3-9-18(23)10-4-16)14-8-17-5-11-19(24)12-6-17;/h3-14H,15H2,1-2H3,(H2,25,26,28);1H. The Hall–Kier alpha value is -2.08. The molecule has 0 spiro atoms. The maximum Gasteiger partial charge on any atom is 0.212 e. The van der Waals surface area contributed by atoms with Gasteiger partial charge in [-0.1, -0.05) is 59.6 Å². The number of hydrazone groups is 1. The predicted molar refractivity (Wildman–Crippen MR) is 131 cm³/mol. The van der Waals surface area contributed by atoms with E-state index >= 15 is 0 Å². The Labute approximate surface area is 192 Å². The number of nitrogens with one attached hydrogen (secondary N) is 2. The van der Waals surface area contributed by atoms with Crippen LogP contribution in [-0.2, 0) is 0 Å². The lowest BCUT2D eigenvalue weighted by Gasteiger charge is -2.17. The van der Waals surface area contributed by atoms with Gasteiger partial charge in [-0.25, -0.2) is 10.4 Å². The SMILES string of the molecule is Br.CC1(C)CN=C(NN=C(C=Cc2ccc(Cl)cc2)C=Cc2ccc(Cl)cc2)N1. The summed E-state index contributed by atoms with van der Waals surface area (Å²) in [6.07, 6.45) is 7.83. The van der Waals surface area contributed by atoms with Crippen LogP contribution >= 0.6 is 40.2 Å². The monoisotopic (exact) mass is 492 g/mol. The molecule has 0 aliphatic carbocycles. The zero-order chi connectivity index (χ0) is 20.0. The van der Waals surface area contributed by atoms with Gasteiger partial charge in [-0.15, -0.1) is 17.0 Å². The number of rotatable bonds is 5. The van der Waals surface area contributed by atoms with Crippen molar-refractivity contribution in [3.63, 3.8) is 0 Å². The average Bonchev–Trinajstić information content (AvgIpc) is 3.02. The Bertz CT molecular complexity index is 873. The van der Waals surface area contributed by atoms with Gasteiger partial charge in [0.05, 0.1) is 17.8 Å². The summed E-state index contributed by atoms with van der Waals surface area (Å²) in [5, 5.41) is 9.21. The van der Waals surface area contributed by atoms with Gasteiger partial charge in [-0.2, -0.15) is 5.10 Å². The van der Waals surface area contributed by atoms with Crippen LogP contribution in [0.15, 0.2) is 70.8 Å². The van der Waals surface area contributed by atoms with E-state index in [2.05, 4.69) is 34.7 Å². The molecule has 2 N–H and O–H groups in total. The molecule has 0 radical (unpaired) electrons. The molecule has 0 bridgehead atoms. The predicted octanol–water partition coefficient (Wildman–Crippen LogP) is 5.98. The Morgan fingerprint density at radius 2 is 1.45 bits per heavy atom. The molecule has 3 rings (SSSR count). The lowest BCUT2D eigenvalue weighted by atomic mass is 10.1. The Kier molecular flexibility index (Phi) is 8.50. The highest BCUT2D eigenvalue weighted by Gasteiger charge is 2.24. The molecule has 2 aromatic rings. The molecular weight excluding hydrogens is 471 g/mol. The average molecular weight is 494 g/mol. The first-order valence-corrected chi connectivity index (χ1v) is 9.69. The normalized spacial score (nSPS) is 15.0. The summed E-state index contributed by atoms with van der Waals surface area (Å²) in [7, 11) is 0. The summed E-state index contributed by atoms with van der Waals surface area (Å²) in [6, 6.07) is 15.3. The summed E-state index contributed by atoms with van der Waals surface area (Å²) in [5.41, 5.74) is 5.77. The van der Waals surface area contributed by atoms with Gasteiger partial charge in [0.2, 0.25) is 5.96 Å². The first-order chi connectivity index (χ1) is 13.4. The Morgan fingerprint density at radius 3 is 1.86 bits per heavy atom. The zero-order valence-corrected chi connectivity index (χ0v) is 19.4. The summed E-state index contributed by atoms with van der Waals surface area (Å²) in [5.74, 6) is 0.669. The van der Waals surface area contributed by atoms with E-state index < -0.39 is 0 Å². The van der Waals surface area contributed by atoms with Gasteiger partial charge in [0.1, 0.15) is 0 Å². The van der Waals surface area contributed by atoms with Crippen molar-refractivity contribution < 1.29 is 0 Å². The molecule has 0 aromatic heterocycles. The molecule has 29 heavy (non-hydrogen) atoms. The molecule has 2 aromatic carbocycles. The topological polar surface area (TPSA) is 48.8 Å². The summed E-state index contributed by atoms with van der Waals surface area (Å²) >= 11 is 11.9. The minimum Gasteiger partial charge on any atom is -0.348 e. The highest BCUT2D eigenvalue weighted by Crippen LogP contribution is 2.13. The third kappa shape index (κ3) is 7.69. The minimum absolute atomic E-state index is 0. The van der Waals surface area contributed by atoms with Crippen molar-refractivity contribution in [1.82, 2.24) is 10.7 Å². The van der Waals surface area contributed by atoms with Gasteiger partial charge in [0, 0.05) is 10.0 Å². The first-order valence-electron chi connectivity index (χ1n) is 8.93. The lowest BCUT2D eigenvalue weighted by Crippen LogP contribution is -2.43. The van der Waals surface area contributed by atoms with Crippen LogP contribution in [0.2, 0.25) is 10.0 Å². The summed E-state index contributed by atoms with van der Waals surface area (Å²) in [4.78, 5) is 4.43. The van der Waals surface area contributed by atoms with Crippen LogP contribution in [0.1, 0.15) is 25.0 Å². The van der Waals surface area contributed by atoms with Crippen molar-refractivity contribution in [3.05, 3.63) is 81.9 Å². The quantitative estimate of drug-likeness (QED) is 0.397. The second kappa shape index (κ2) is 10.6. The molecular formula is C22H23BrCl2N4. The van der Waals surface area contributed by atoms with Gasteiger partial charge >= 0.3 is 0 Å². The van der Waals surface area contributed by atoms with E-state index in [1.54, 1.807) is 0 Å². The van der Waals surface area contributed by atoms with Crippen LogP contribution in [-0.4, -0.2) is 23.8 Å². The molecule has 0 saturated carbocycles. The molecule has 0 amide bonds. The highest BCUT2D eigenvalue weighted by atomic mass is 79.9. The summed E-state index contributed by atoms with van der Waals surface area (Å²) < 4.78 is 0. The fraction of sp³-hybridized carbons (Fsp3) is 0.182. The maximum atomic E-state index is 5.95. The molecule has 152 valence electrons. The van der Waals surface area contributed by atoms with Gasteiger partial charge < -0.3 is 5.32 Å². The number of nitrogens with zero attached hydrogens (tertiary/aromatic N) is 2. The number of guanidine groups is 1. The van der Waals surface area contributed by atoms with E-state index in [9.17, 15) is 0 Å². The third-order valence-electron chi connectivity index (χ3n) is 4.01. The van der Waals surface area contributed by atoms with Gasteiger partial charge in [0.15, 0.2) is 0 Å². The largest absolute Gasteiger partial charge is 0.348 e. The smallest absolute Gasteiger partial charge is 0.212 e. The molecule has 0 saturated heterocycles. The van der Waals surface area contributed by atoms with Crippen molar-refractivity contribution in [2.75, 3.05) is 6.54 Å². The number of benzene rings is 2. The van der Waals surface area contributed by atoms with Crippen LogP contribution in [0.5, 0.6) is 0 Å². The van der Waals surface area contributed by atoms with E-state index in [0.717, 1.165) is 16.8 Å². The van der Waals surface area contributed by atoms with Crippen LogP contribution in [0.25, 0.3) is 12.2 Å². The van der Waals surface area contributed by atoms with Crippen molar-refractivity contribution in [3.8, 4) is 0 Å². The number of allylic oxidation sites excluding steroid dienone is 2. The van der Waals surface area contributed by atoms with Gasteiger partial charge in [-0.3, -0.25) is 0 Å². The van der Waals surface area contributed by atoms with Crippen molar-refractivity contribution in [2.45, 2.75) is 19.4 Å². The number of hydrogen-bond acceptors (Lipinski definition) is 4. The van der Waals surface area contributed by atoms with Crippen LogP contribution < -0.4 is 10.7 Å². The van der Waals surface area contributed by atoms with E-state index in [-0.39, 0.29) is 22.5 Å². The molecule has 0 atom stereocenters. The first kappa shape index (κ1) is 23.2. The Balaban J connectivity index is 0.00000300. The van der Waals surface area contributed by atoms with Gasteiger partial charge in [0.25, 0.3) is 0 Å². The Morgan fingerprint density at radius 1 is 0.966 bits per heavy atom. The van der Waals surface area contributed by atoms with Crippen molar-refractivity contribution in [1.29, 1.82) is 0 Å². The second-order valence-electron chi connectivity index (χ2n) is 7.09. The van der Waals surface area contributed by atoms with E-state index in [1.807, 2.05) is 72.8 Å². The van der Waals surface area contributed by atoms with Crippen LogP contribution in [0.3, 0.4) is 0 Å². The fourth-order valence-electron chi connectivity index (χ4n) is 2.50. The third-order valence-corrected chi connectivity index (χ3v) is 4.52. The highest BCUT2D eigenvalue weighted by molar-refractivity contribution is 8.93. The number of aliphatic imine (C=N–C) groups is 1. The molecule has 0 unspecified atom stereocenters. The van der Waals surface area contributed by atoms with Crippen molar-refractivity contribution >= 4 is 64.0 Å². The number of hydrogen-bond donors (Lipinski definition) is 2. The van der Waals surface area contributed by atoms with E-state index in [0.29, 0.717) is 22.5 Å². The molecule has 0 fully saturated rings. The van der Waals surface area contributed by atoms with Crippen molar-refractivity contribution in [2.24, 2.45) is 10.1 Å². The zero-order valence-electron chi connectivity index (χ0n) is 16.2. The minimum atomic E-state index is -0.0592. The molecule has 7 heteroatoms. The number of halogens is 3. The fourth-order valence-corrected chi connectivity index (χ4v) is 2.75. The van der Waals surface area contributed by atoms with Gasteiger partial charge in [-0.05, 0) is 61.4 Å².